The SMILES string of the molecule is COc1cccc(NC(=O)Cn2c(C(C)NC(=O)c3ccco3)nc3ccccc32)c1. The van der Waals surface area contributed by atoms with Crippen molar-refractivity contribution in [1.82, 2.24) is 14.9 Å². The normalized spacial score (nSPS) is 11.8. The maximum Gasteiger partial charge on any atom is 0.287 e. The van der Waals surface area contributed by atoms with Gasteiger partial charge in [-0.15, -0.1) is 0 Å². The molecule has 2 aromatic carbocycles. The van der Waals surface area contributed by atoms with Crippen molar-refractivity contribution < 1.29 is 18.7 Å². The van der Waals surface area contributed by atoms with Gasteiger partial charge in [-0.2, -0.15) is 0 Å². The molecular weight excluding hydrogens is 396 g/mol. The first kappa shape index (κ1) is 20.2. The molecule has 0 fully saturated rings. The number of nitrogens with zero attached hydrogens (tertiary/aromatic N) is 2. The van der Waals surface area contributed by atoms with Gasteiger partial charge in [-0.25, -0.2) is 4.98 Å². The van der Waals surface area contributed by atoms with E-state index in [4.69, 9.17) is 9.15 Å². The van der Waals surface area contributed by atoms with Crippen molar-refractivity contribution >= 4 is 28.5 Å². The first-order valence-electron chi connectivity index (χ1n) is 9.78. The van der Waals surface area contributed by atoms with Crippen LogP contribution in [0.3, 0.4) is 0 Å². The number of fused-ring (bicyclic) bond motifs is 1. The summed E-state index contributed by atoms with van der Waals surface area (Å²) >= 11 is 0. The Hall–Kier alpha value is -4.07. The van der Waals surface area contributed by atoms with Crippen LogP contribution in [-0.4, -0.2) is 28.5 Å². The highest BCUT2D eigenvalue weighted by molar-refractivity contribution is 5.93. The highest BCUT2D eigenvalue weighted by atomic mass is 16.5. The summed E-state index contributed by atoms with van der Waals surface area (Å²) in [7, 11) is 1.57. The lowest BCUT2D eigenvalue weighted by Crippen LogP contribution is -2.29. The second-order valence-corrected chi connectivity index (χ2v) is 7.00. The van der Waals surface area contributed by atoms with Gasteiger partial charge in [0, 0.05) is 11.8 Å². The number of rotatable bonds is 7. The zero-order chi connectivity index (χ0) is 21.8. The molecule has 0 aliphatic rings. The van der Waals surface area contributed by atoms with Gasteiger partial charge in [0.2, 0.25) is 5.91 Å². The Kier molecular flexibility index (Phi) is 5.70. The Bertz CT molecular complexity index is 1210. The van der Waals surface area contributed by atoms with E-state index in [-0.39, 0.29) is 24.1 Å². The molecule has 1 unspecified atom stereocenters. The standard InChI is InChI=1S/C23H22N4O4/c1-15(24-23(29)20-11-6-12-31-20)22-26-18-9-3-4-10-19(18)27(22)14-21(28)25-16-7-5-8-17(13-16)30-2/h3-13,15H,14H2,1-2H3,(H,24,29)(H,25,28). The summed E-state index contributed by atoms with van der Waals surface area (Å²) in [5, 5.41) is 5.75. The van der Waals surface area contributed by atoms with Crippen LogP contribution >= 0.6 is 0 Å². The summed E-state index contributed by atoms with van der Waals surface area (Å²) in [5.41, 5.74) is 2.18. The lowest BCUT2D eigenvalue weighted by molar-refractivity contribution is -0.116. The van der Waals surface area contributed by atoms with Crippen LogP contribution in [0.25, 0.3) is 11.0 Å². The van der Waals surface area contributed by atoms with E-state index < -0.39 is 6.04 Å². The molecular formula is C23H22N4O4. The summed E-state index contributed by atoms with van der Waals surface area (Å²) in [6, 6.07) is 17.5. The van der Waals surface area contributed by atoms with E-state index >= 15 is 0 Å². The van der Waals surface area contributed by atoms with Crippen LogP contribution in [-0.2, 0) is 11.3 Å². The van der Waals surface area contributed by atoms with Crippen LogP contribution in [0.15, 0.2) is 71.3 Å². The Labute approximate surface area is 178 Å². The topological polar surface area (TPSA) is 98.4 Å². The average Bonchev–Trinajstić information content (AvgIpc) is 3.43. The quantitative estimate of drug-likeness (QED) is 0.476. The van der Waals surface area contributed by atoms with Crippen molar-refractivity contribution in [2.45, 2.75) is 19.5 Å². The highest BCUT2D eigenvalue weighted by Crippen LogP contribution is 2.22. The van der Waals surface area contributed by atoms with E-state index in [1.54, 1.807) is 48.1 Å². The van der Waals surface area contributed by atoms with Crippen LogP contribution in [0.5, 0.6) is 5.75 Å². The molecule has 1 atom stereocenters. The predicted molar refractivity (Wildman–Crippen MR) is 116 cm³/mol. The number of imidazole rings is 1. The molecule has 8 heteroatoms. The van der Waals surface area contributed by atoms with Crippen LogP contribution in [0, 0.1) is 0 Å². The first-order chi connectivity index (χ1) is 15.0. The van der Waals surface area contributed by atoms with Gasteiger partial charge < -0.3 is 24.4 Å². The largest absolute Gasteiger partial charge is 0.497 e. The maximum absolute atomic E-state index is 12.8. The van der Waals surface area contributed by atoms with Crippen molar-refractivity contribution in [1.29, 1.82) is 0 Å². The molecule has 0 saturated heterocycles. The number of hydrogen-bond acceptors (Lipinski definition) is 5. The zero-order valence-electron chi connectivity index (χ0n) is 17.2. The van der Waals surface area contributed by atoms with Gasteiger partial charge in [0.15, 0.2) is 5.76 Å². The molecule has 8 nitrogen and oxygen atoms in total. The van der Waals surface area contributed by atoms with Crippen LogP contribution in [0.2, 0.25) is 0 Å². The molecule has 0 bridgehead atoms. The lowest BCUT2D eigenvalue weighted by atomic mass is 10.2. The number of aromatic nitrogens is 2. The monoisotopic (exact) mass is 418 g/mol. The van der Waals surface area contributed by atoms with Gasteiger partial charge in [0.1, 0.15) is 18.1 Å². The number of nitrogens with one attached hydrogen (secondary N) is 2. The number of hydrogen-bond donors (Lipinski definition) is 2. The number of ether oxygens (including phenoxy) is 1. The molecule has 0 aliphatic carbocycles. The molecule has 4 rings (SSSR count). The maximum atomic E-state index is 12.8. The summed E-state index contributed by atoms with van der Waals surface area (Å²) in [6.45, 7) is 1.85. The highest BCUT2D eigenvalue weighted by Gasteiger charge is 2.21. The third kappa shape index (κ3) is 4.42. The molecule has 0 saturated carbocycles. The number of amides is 2. The summed E-state index contributed by atoms with van der Waals surface area (Å²) in [4.78, 5) is 29.9. The number of benzene rings is 2. The van der Waals surface area contributed by atoms with Crippen molar-refractivity contribution in [2.75, 3.05) is 12.4 Å². The van der Waals surface area contributed by atoms with E-state index in [1.165, 1.54) is 6.26 Å². The minimum atomic E-state index is -0.449. The van der Waals surface area contributed by atoms with Gasteiger partial charge in [-0.1, -0.05) is 18.2 Å². The number of anilines is 1. The molecule has 158 valence electrons. The van der Waals surface area contributed by atoms with Crippen molar-refractivity contribution in [3.63, 3.8) is 0 Å². The van der Waals surface area contributed by atoms with Gasteiger partial charge in [-0.3, -0.25) is 9.59 Å². The molecule has 2 N–H and O–H groups in total. The van der Waals surface area contributed by atoms with Gasteiger partial charge >= 0.3 is 0 Å². The smallest absolute Gasteiger partial charge is 0.287 e. The third-order valence-electron chi connectivity index (χ3n) is 4.82. The minimum Gasteiger partial charge on any atom is -0.497 e. The van der Waals surface area contributed by atoms with Crippen molar-refractivity contribution in [2.24, 2.45) is 0 Å². The van der Waals surface area contributed by atoms with Crippen LogP contribution < -0.4 is 15.4 Å². The minimum absolute atomic E-state index is 0.0357. The molecule has 0 aliphatic heterocycles. The fourth-order valence-corrected chi connectivity index (χ4v) is 3.38. The van der Waals surface area contributed by atoms with Crippen LogP contribution in [0.1, 0.15) is 29.3 Å². The molecule has 2 heterocycles. The Morgan fingerprint density at radius 2 is 1.97 bits per heavy atom. The van der Waals surface area contributed by atoms with E-state index in [0.717, 1.165) is 11.0 Å². The molecule has 2 amide bonds. The fraction of sp³-hybridized carbons (Fsp3) is 0.174. The fourth-order valence-electron chi connectivity index (χ4n) is 3.38. The van der Waals surface area contributed by atoms with Crippen molar-refractivity contribution in [3.8, 4) is 5.75 Å². The van der Waals surface area contributed by atoms with E-state index in [2.05, 4.69) is 15.6 Å². The number of para-hydroxylation sites is 2. The summed E-state index contributed by atoms with van der Waals surface area (Å²) in [6.07, 6.45) is 1.44. The first-order valence-corrected chi connectivity index (χ1v) is 9.78. The van der Waals surface area contributed by atoms with E-state index in [9.17, 15) is 9.59 Å². The molecule has 4 aromatic rings. The zero-order valence-corrected chi connectivity index (χ0v) is 17.2. The van der Waals surface area contributed by atoms with E-state index in [1.807, 2.05) is 31.2 Å². The number of furan rings is 1. The third-order valence-corrected chi connectivity index (χ3v) is 4.82. The van der Waals surface area contributed by atoms with Gasteiger partial charge in [0.25, 0.3) is 5.91 Å². The van der Waals surface area contributed by atoms with Crippen molar-refractivity contribution in [3.05, 3.63) is 78.5 Å². The average molecular weight is 418 g/mol. The molecule has 0 spiro atoms. The second-order valence-electron chi connectivity index (χ2n) is 7.00. The lowest BCUT2D eigenvalue weighted by Gasteiger charge is -2.16. The Balaban J connectivity index is 1.58. The number of carbonyl (C=O) groups is 2. The van der Waals surface area contributed by atoms with Gasteiger partial charge in [0.05, 0.1) is 30.4 Å². The molecule has 0 radical (unpaired) electrons. The van der Waals surface area contributed by atoms with Crippen LogP contribution in [0.4, 0.5) is 5.69 Å². The molecule has 2 aromatic heterocycles. The second kappa shape index (κ2) is 8.74. The number of methoxy groups -OCH3 is 1. The number of carbonyl (C=O) groups excluding carboxylic acids is 2. The Morgan fingerprint density at radius 3 is 2.74 bits per heavy atom. The molecule has 31 heavy (non-hydrogen) atoms. The summed E-state index contributed by atoms with van der Waals surface area (Å²) in [5.74, 6) is 0.868. The van der Waals surface area contributed by atoms with E-state index in [0.29, 0.717) is 17.3 Å². The Morgan fingerprint density at radius 1 is 1.13 bits per heavy atom. The predicted octanol–water partition coefficient (Wildman–Crippen LogP) is 3.77. The summed E-state index contributed by atoms with van der Waals surface area (Å²) < 4.78 is 12.2. The van der Waals surface area contributed by atoms with Gasteiger partial charge in [-0.05, 0) is 43.3 Å².